The first-order chi connectivity index (χ1) is 8.58. The van der Waals surface area contributed by atoms with E-state index in [1.165, 1.54) is 5.57 Å². The molecule has 0 aromatic heterocycles. The Balaban J connectivity index is 2.72. The highest BCUT2D eigenvalue weighted by Crippen LogP contribution is 2.36. The first-order valence-electron chi connectivity index (χ1n) is 5.83. The molecule has 100 valence electrons. The maximum absolute atomic E-state index is 5.31. The molecule has 0 amide bonds. The Hall–Kier alpha value is -1.00. The van der Waals surface area contributed by atoms with E-state index in [0.717, 1.165) is 34.6 Å². The van der Waals surface area contributed by atoms with Crippen molar-refractivity contribution in [1.29, 1.82) is 0 Å². The van der Waals surface area contributed by atoms with Crippen LogP contribution in [-0.4, -0.2) is 20.8 Å². The maximum atomic E-state index is 5.31. The molecule has 18 heavy (non-hydrogen) atoms. The van der Waals surface area contributed by atoms with Gasteiger partial charge in [-0.05, 0) is 47.5 Å². The number of ether oxygens (including phenoxy) is 2. The molecular formula is C14H20BrNO2. The van der Waals surface area contributed by atoms with Crippen LogP contribution in [0.3, 0.4) is 0 Å². The molecule has 3 nitrogen and oxygen atoms in total. The van der Waals surface area contributed by atoms with E-state index in [4.69, 9.17) is 9.47 Å². The molecule has 4 heteroatoms. The lowest BCUT2D eigenvalue weighted by molar-refractivity contribution is 0.352. The summed E-state index contributed by atoms with van der Waals surface area (Å²) in [5.41, 5.74) is 2.47. The van der Waals surface area contributed by atoms with Crippen molar-refractivity contribution in [2.75, 3.05) is 20.8 Å². The molecule has 1 N–H and O–H groups in total. The summed E-state index contributed by atoms with van der Waals surface area (Å²) >= 11 is 3.49. The van der Waals surface area contributed by atoms with E-state index in [0.29, 0.717) is 0 Å². The van der Waals surface area contributed by atoms with Gasteiger partial charge >= 0.3 is 0 Å². The van der Waals surface area contributed by atoms with E-state index >= 15 is 0 Å². The van der Waals surface area contributed by atoms with E-state index in [2.05, 4.69) is 41.2 Å². The van der Waals surface area contributed by atoms with Gasteiger partial charge in [0.15, 0.2) is 11.5 Å². The number of rotatable bonds is 6. The summed E-state index contributed by atoms with van der Waals surface area (Å²) in [6.45, 7) is 5.85. The predicted octanol–water partition coefficient (Wildman–Crippen LogP) is 3.52. The zero-order valence-electron chi connectivity index (χ0n) is 11.3. The summed E-state index contributed by atoms with van der Waals surface area (Å²) in [6.07, 6.45) is 2.16. The molecule has 0 aliphatic rings. The second-order valence-corrected chi connectivity index (χ2v) is 5.08. The van der Waals surface area contributed by atoms with Gasteiger partial charge in [0.05, 0.1) is 18.7 Å². The molecule has 0 aliphatic heterocycles. The van der Waals surface area contributed by atoms with Crippen LogP contribution in [-0.2, 0) is 6.54 Å². The molecule has 1 aromatic carbocycles. The Morgan fingerprint density at radius 3 is 2.56 bits per heavy atom. The quantitative estimate of drug-likeness (QED) is 0.644. The molecule has 0 bridgehead atoms. The van der Waals surface area contributed by atoms with Crippen molar-refractivity contribution in [2.24, 2.45) is 0 Å². The molecular weight excluding hydrogens is 294 g/mol. The monoisotopic (exact) mass is 313 g/mol. The highest BCUT2D eigenvalue weighted by Gasteiger charge is 2.09. The van der Waals surface area contributed by atoms with Crippen LogP contribution in [0.5, 0.6) is 11.5 Å². The lowest BCUT2D eigenvalue weighted by Crippen LogP contribution is -2.13. The first kappa shape index (κ1) is 15.1. The van der Waals surface area contributed by atoms with Crippen molar-refractivity contribution >= 4 is 15.9 Å². The van der Waals surface area contributed by atoms with Crippen LogP contribution in [0, 0.1) is 0 Å². The zero-order valence-corrected chi connectivity index (χ0v) is 12.9. The van der Waals surface area contributed by atoms with E-state index in [9.17, 15) is 0 Å². The predicted molar refractivity (Wildman–Crippen MR) is 78.4 cm³/mol. The van der Waals surface area contributed by atoms with Crippen LogP contribution in [0.15, 0.2) is 28.3 Å². The van der Waals surface area contributed by atoms with Crippen LogP contribution >= 0.6 is 15.9 Å². The highest BCUT2D eigenvalue weighted by atomic mass is 79.9. The second kappa shape index (κ2) is 7.44. The smallest absolute Gasteiger partial charge is 0.174 e. The Morgan fingerprint density at radius 1 is 1.28 bits per heavy atom. The van der Waals surface area contributed by atoms with Gasteiger partial charge in [-0.1, -0.05) is 11.6 Å². The van der Waals surface area contributed by atoms with Crippen molar-refractivity contribution in [1.82, 2.24) is 5.32 Å². The molecule has 0 saturated carbocycles. The minimum atomic E-state index is 0.727. The van der Waals surface area contributed by atoms with Gasteiger partial charge in [-0.2, -0.15) is 0 Å². The van der Waals surface area contributed by atoms with Gasteiger partial charge in [0.1, 0.15) is 0 Å². The number of nitrogens with one attached hydrogen (secondary N) is 1. The largest absolute Gasteiger partial charge is 0.493 e. The van der Waals surface area contributed by atoms with E-state index in [1.807, 2.05) is 12.1 Å². The Morgan fingerprint density at radius 2 is 2.00 bits per heavy atom. The van der Waals surface area contributed by atoms with Gasteiger partial charge in [0.2, 0.25) is 0 Å². The normalized spacial score (nSPS) is 10.1. The lowest BCUT2D eigenvalue weighted by Gasteiger charge is -2.12. The Labute approximate surface area is 117 Å². The van der Waals surface area contributed by atoms with E-state index in [1.54, 1.807) is 14.2 Å². The fraction of sp³-hybridized carbons (Fsp3) is 0.429. The fourth-order valence-corrected chi connectivity index (χ4v) is 2.22. The van der Waals surface area contributed by atoms with Crippen molar-refractivity contribution in [3.63, 3.8) is 0 Å². The van der Waals surface area contributed by atoms with Gasteiger partial charge in [0.25, 0.3) is 0 Å². The van der Waals surface area contributed by atoms with Crippen LogP contribution in [0.1, 0.15) is 19.4 Å². The third-order valence-corrected chi connectivity index (χ3v) is 3.07. The second-order valence-electron chi connectivity index (χ2n) is 4.23. The molecule has 0 radical (unpaired) electrons. The minimum Gasteiger partial charge on any atom is -0.493 e. The van der Waals surface area contributed by atoms with Gasteiger partial charge in [-0.15, -0.1) is 0 Å². The summed E-state index contributed by atoms with van der Waals surface area (Å²) in [5.74, 6) is 1.47. The van der Waals surface area contributed by atoms with E-state index in [-0.39, 0.29) is 0 Å². The van der Waals surface area contributed by atoms with Crippen molar-refractivity contribution in [2.45, 2.75) is 20.4 Å². The summed E-state index contributed by atoms with van der Waals surface area (Å²) in [7, 11) is 3.28. The minimum absolute atomic E-state index is 0.727. The molecule has 0 aliphatic carbocycles. The molecule has 0 heterocycles. The van der Waals surface area contributed by atoms with Gasteiger partial charge in [-0.3, -0.25) is 0 Å². The van der Waals surface area contributed by atoms with Gasteiger partial charge in [-0.25, -0.2) is 0 Å². The topological polar surface area (TPSA) is 30.5 Å². The van der Waals surface area contributed by atoms with Gasteiger partial charge < -0.3 is 14.8 Å². The number of allylic oxidation sites excluding steroid dienone is 1. The van der Waals surface area contributed by atoms with Crippen LogP contribution in [0.4, 0.5) is 0 Å². The standard InChI is InChI=1S/C14H20BrNO2/c1-10(2)5-6-16-9-11-7-12(15)14(18-4)13(8-11)17-3/h5,7-8,16H,6,9H2,1-4H3. The third kappa shape index (κ3) is 4.35. The highest BCUT2D eigenvalue weighted by molar-refractivity contribution is 9.10. The summed E-state index contributed by atoms with van der Waals surface area (Å²) in [5, 5.41) is 3.36. The molecule has 0 atom stereocenters. The van der Waals surface area contributed by atoms with Crippen LogP contribution in [0.25, 0.3) is 0 Å². The van der Waals surface area contributed by atoms with Crippen molar-refractivity contribution in [3.05, 3.63) is 33.8 Å². The first-order valence-corrected chi connectivity index (χ1v) is 6.62. The van der Waals surface area contributed by atoms with Gasteiger partial charge in [0, 0.05) is 13.1 Å². The number of hydrogen-bond acceptors (Lipinski definition) is 3. The number of halogens is 1. The fourth-order valence-electron chi connectivity index (χ4n) is 1.57. The van der Waals surface area contributed by atoms with E-state index < -0.39 is 0 Å². The molecule has 0 fully saturated rings. The Bertz CT molecular complexity index is 426. The molecule has 0 saturated heterocycles. The summed E-state index contributed by atoms with van der Waals surface area (Å²) in [6, 6.07) is 4.02. The number of hydrogen-bond donors (Lipinski definition) is 1. The van der Waals surface area contributed by atoms with Crippen LogP contribution in [0.2, 0.25) is 0 Å². The zero-order chi connectivity index (χ0) is 13.5. The van der Waals surface area contributed by atoms with Crippen molar-refractivity contribution in [3.8, 4) is 11.5 Å². The summed E-state index contributed by atoms with van der Waals surface area (Å²) < 4.78 is 11.5. The van der Waals surface area contributed by atoms with Crippen LogP contribution < -0.4 is 14.8 Å². The number of benzene rings is 1. The third-order valence-electron chi connectivity index (χ3n) is 2.48. The summed E-state index contributed by atoms with van der Waals surface area (Å²) in [4.78, 5) is 0. The molecule has 0 spiro atoms. The molecule has 1 rings (SSSR count). The average molecular weight is 314 g/mol. The maximum Gasteiger partial charge on any atom is 0.174 e. The molecule has 0 unspecified atom stereocenters. The average Bonchev–Trinajstić information content (AvgIpc) is 2.33. The SMILES string of the molecule is COc1cc(CNCC=C(C)C)cc(Br)c1OC. The number of methoxy groups -OCH3 is 2. The van der Waals surface area contributed by atoms with Crippen molar-refractivity contribution < 1.29 is 9.47 Å². The Kier molecular flexibility index (Phi) is 6.22. The lowest BCUT2D eigenvalue weighted by atomic mass is 10.2. The molecule has 1 aromatic rings.